The zero-order valence-electron chi connectivity index (χ0n) is 13.8. The minimum absolute atomic E-state index is 0.251. The van der Waals surface area contributed by atoms with Crippen molar-refractivity contribution in [3.05, 3.63) is 35.4 Å². The summed E-state index contributed by atoms with van der Waals surface area (Å²) in [6.07, 6.45) is 4.07. The lowest BCUT2D eigenvalue weighted by atomic mass is 10.1. The molecule has 5 heteroatoms. The van der Waals surface area contributed by atoms with Crippen LogP contribution in [0.2, 0.25) is 0 Å². The van der Waals surface area contributed by atoms with Crippen LogP contribution in [0.5, 0.6) is 0 Å². The van der Waals surface area contributed by atoms with E-state index in [1.54, 1.807) is 0 Å². The Morgan fingerprint density at radius 2 is 2.05 bits per heavy atom. The molecule has 0 aliphatic rings. The monoisotopic (exact) mass is 289 g/mol. The van der Waals surface area contributed by atoms with Crippen LogP contribution in [0.15, 0.2) is 18.3 Å². The number of nitrogens with zero attached hydrogens (tertiary/aromatic N) is 4. The first kappa shape index (κ1) is 15.8. The van der Waals surface area contributed by atoms with Gasteiger partial charge in [0.2, 0.25) is 0 Å². The largest absolute Gasteiger partial charge is 0.309 e. The molecule has 5 nitrogen and oxygen atoms in total. The first-order valence-electron chi connectivity index (χ1n) is 7.83. The van der Waals surface area contributed by atoms with Crippen LogP contribution in [0.25, 0.3) is 0 Å². The third-order valence-electron chi connectivity index (χ3n) is 3.96. The van der Waals surface area contributed by atoms with Crippen molar-refractivity contribution in [2.24, 2.45) is 7.05 Å². The highest BCUT2D eigenvalue weighted by atomic mass is 15.3. The van der Waals surface area contributed by atoms with Crippen molar-refractivity contribution in [2.45, 2.75) is 52.6 Å². The van der Waals surface area contributed by atoms with Crippen molar-refractivity contribution in [1.29, 1.82) is 0 Å². The van der Waals surface area contributed by atoms with Gasteiger partial charge in [-0.2, -0.15) is 10.2 Å². The quantitative estimate of drug-likeness (QED) is 0.852. The molecule has 1 N–H and O–H groups in total. The SMILES string of the molecule is CCNC(Cc1ccn(C(C)CC)n1)c1cc(C)nn1C. The molecule has 2 rings (SSSR count). The van der Waals surface area contributed by atoms with E-state index in [9.17, 15) is 0 Å². The minimum Gasteiger partial charge on any atom is -0.309 e. The van der Waals surface area contributed by atoms with Gasteiger partial charge in [-0.1, -0.05) is 13.8 Å². The van der Waals surface area contributed by atoms with Crippen molar-refractivity contribution < 1.29 is 0 Å². The molecule has 0 amide bonds. The third kappa shape index (κ3) is 3.73. The number of rotatable bonds is 7. The lowest BCUT2D eigenvalue weighted by Crippen LogP contribution is -2.25. The number of likely N-dealkylation sites (N-methyl/N-ethyl adjacent to an activating group) is 1. The van der Waals surface area contributed by atoms with Gasteiger partial charge in [0, 0.05) is 25.7 Å². The van der Waals surface area contributed by atoms with E-state index in [0.717, 1.165) is 30.8 Å². The van der Waals surface area contributed by atoms with Gasteiger partial charge >= 0.3 is 0 Å². The van der Waals surface area contributed by atoms with Gasteiger partial charge in [-0.25, -0.2) is 0 Å². The Morgan fingerprint density at radius 3 is 2.62 bits per heavy atom. The van der Waals surface area contributed by atoms with E-state index in [1.807, 2.05) is 18.7 Å². The Kier molecular flexibility index (Phi) is 5.17. The second kappa shape index (κ2) is 6.89. The Balaban J connectivity index is 2.16. The molecule has 116 valence electrons. The average Bonchev–Trinajstić information content (AvgIpc) is 3.04. The molecule has 2 aromatic heterocycles. The first-order chi connectivity index (χ1) is 10.0. The highest BCUT2D eigenvalue weighted by Gasteiger charge is 2.17. The third-order valence-corrected chi connectivity index (χ3v) is 3.96. The number of hydrogen-bond acceptors (Lipinski definition) is 3. The fourth-order valence-corrected chi connectivity index (χ4v) is 2.61. The van der Waals surface area contributed by atoms with Gasteiger partial charge in [0.05, 0.1) is 23.1 Å². The highest BCUT2D eigenvalue weighted by Crippen LogP contribution is 2.19. The standard InChI is InChI=1S/C16H27N5/c1-6-13(4)21-9-8-14(19-21)11-15(17-7-2)16-10-12(3)18-20(16)5/h8-10,13,15,17H,6-7,11H2,1-5H3. The van der Waals surface area contributed by atoms with E-state index in [4.69, 9.17) is 5.10 Å². The maximum Gasteiger partial charge on any atom is 0.0644 e. The van der Waals surface area contributed by atoms with E-state index < -0.39 is 0 Å². The number of aromatic nitrogens is 4. The van der Waals surface area contributed by atoms with Crippen LogP contribution in [0.4, 0.5) is 0 Å². The first-order valence-corrected chi connectivity index (χ1v) is 7.83. The molecule has 0 spiro atoms. The van der Waals surface area contributed by atoms with Gasteiger partial charge in [0.25, 0.3) is 0 Å². The summed E-state index contributed by atoms with van der Waals surface area (Å²) >= 11 is 0. The Hall–Kier alpha value is -1.62. The van der Waals surface area contributed by atoms with Crippen molar-refractivity contribution in [3.8, 4) is 0 Å². The molecule has 21 heavy (non-hydrogen) atoms. The molecule has 0 saturated heterocycles. The molecule has 2 aromatic rings. The van der Waals surface area contributed by atoms with E-state index in [0.29, 0.717) is 6.04 Å². The van der Waals surface area contributed by atoms with Gasteiger partial charge in [-0.05, 0) is 38.9 Å². The van der Waals surface area contributed by atoms with Crippen molar-refractivity contribution in [3.63, 3.8) is 0 Å². The van der Waals surface area contributed by atoms with Crippen LogP contribution in [-0.4, -0.2) is 26.1 Å². The normalized spacial score (nSPS) is 14.3. The van der Waals surface area contributed by atoms with E-state index in [1.165, 1.54) is 5.69 Å². The summed E-state index contributed by atoms with van der Waals surface area (Å²) in [7, 11) is 2.00. The van der Waals surface area contributed by atoms with Gasteiger partial charge in [-0.15, -0.1) is 0 Å². The van der Waals surface area contributed by atoms with E-state index in [-0.39, 0.29) is 6.04 Å². The van der Waals surface area contributed by atoms with Crippen LogP contribution in [-0.2, 0) is 13.5 Å². The molecule has 0 aromatic carbocycles. The van der Waals surface area contributed by atoms with Crippen LogP contribution in [0, 0.1) is 6.92 Å². The van der Waals surface area contributed by atoms with Crippen LogP contribution in [0.3, 0.4) is 0 Å². The van der Waals surface area contributed by atoms with Gasteiger partial charge < -0.3 is 5.32 Å². The summed E-state index contributed by atoms with van der Waals surface area (Å²) in [6, 6.07) is 4.98. The lowest BCUT2D eigenvalue weighted by molar-refractivity contribution is 0.462. The zero-order chi connectivity index (χ0) is 15.4. The Morgan fingerprint density at radius 1 is 1.29 bits per heavy atom. The molecule has 0 fully saturated rings. The molecular weight excluding hydrogens is 262 g/mol. The highest BCUT2D eigenvalue weighted by molar-refractivity contribution is 5.16. The fourth-order valence-electron chi connectivity index (χ4n) is 2.61. The van der Waals surface area contributed by atoms with Gasteiger partial charge in [-0.3, -0.25) is 9.36 Å². The summed E-state index contributed by atoms with van der Waals surface area (Å²) in [5, 5.41) is 12.7. The summed E-state index contributed by atoms with van der Waals surface area (Å²) in [6.45, 7) is 9.48. The topological polar surface area (TPSA) is 47.7 Å². The van der Waals surface area contributed by atoms with Crippen LogP contribution < -0.4 is 5.32 Å². The minimum atomic E-state index is 0.251. The van der Waals surface area contributed by atoms with Crippen LogP contribution in [0.1, 0.15) is 56.4 Å². The summed E-state index contributed by atoms with van der Waals surface area (Å²) in [5.74, 6) is 0. The molecule has 0 aliphatic heterocycles. The summed E-state index contributed by atoms with van der Waals surface area (Å²) in [5.41, 5.74) is 3.40. The molecule has 0 radical (unpaired) electrons. The van der Waals surface area contributed by atoms with E-state index in [2.05, 4.69) is 54.2 Å². The van der Waals surface area contributed by atoms with Gasteiger partial charge in [0.1, 0.15) is 0 Å². The zero-order valence-corrected chi connectivity index (χ0v) is 13.8. The average molecular weight is 289 g/mol. The summed E-state index contributed by atoms with van der Waals surface area (Å²) in [4.78, 5) is 0. The predicted octanol–water partition coefficient (Wildman–Crippen LogP) is 2.79. The Labute approximate surface area is 127 Å². The molecule has 2 heterocycles. The smallest absolute Gasteiger partial charge is 0.0644 e. The summed E-state index contributed by atoms with van der Waals surface area (Å²) < 4.78 is 4.03. The Bertz CT molecular complexity index is 569. The predicted molar refractivity (Wildman–Crippen MR) is 85.3 cm³/mol. The second-order valence-electron chi connectivity index (χ2n) is 5.69. The van der Waals surface area contributed by atoms with Crippen LogP contribution >= 0.6 is 0 Å². The maximum absolute atomic E-state index is 4.71. The van der Waals surface area contributed by atoms with Crippen molar-refractivity contribution in [1.82, 2.24) is 24.9 Å². The molecule has 0 saturated carbocycles. The second-order valence-corrected chi connectivity index (χ2v) is 5.69. The molecular formula is C16H27N5. The number of hydrogen-bond donors (Lipinski definition) is 1. The fraction of sp³-hybridized carbons (Fsp3) is 0.625. The lowest BCUT2D eigenvalue weighted by Gasteiger charge is -2.17. The van der Waals surface area contributed by atoms with Crippen molar-refractivity contribution in [2.75, 3.05) is 6.54 Å². The van der Waals surface area contributed by atoms with E-state index >= 15 is 0 Å². The number of nitrogens with one attached hydrogen (secondary N) is 1. The maximum atomic E-state index is 4.71. The van der Waals surface area contributed by atoms with Crippen molar-refractivity contribution >= 4 is 0 Å². The molecule has 0 aliphatic carbocycles. The van der Waals surface area contributed by atoms with Gasteiger partial charge in [0.15, 0.2) is 0 Å². The number of aryl methyl sites for hydroxylation is 2. The molecule has 2 atom stereocenters. The molecule has 0 bridgehead atoms. The molecule has 2 unspecified atom stereocenters.